The molecule has 1 aromatic carbocycles. The van der Waals surface area contributed by atoms with Crippen LogP contribution >= 0.6 is 15.9 Å². The zero-order chi connectivity index (χ0) is 18.1. The standard InChI is InChI=1S/C21H25BrN2O2/c22-18-4-2-1-3-17(18)5-6-19(25)23-24-20(26)13-21-10-14-7-15(11-21)9-16(8-14)12-21/h1-6,14-16H,7-13H2,(H,23,25)(H,24,26)/b6-5+. The Morgan fingerprint density at radius 1 is 1.04 bits per heavy atom. The first kappa shape index (κ1) is 17.8. The van der Waals surface area contributed by atoms with Crippen molar-refractivity contribution in [1.82, 2.24) is 10.9 Å². The summed E-state index contributed by atoms with van der Waals surface area (Å²) in [6, 6.07) is 7.67. The summed E-state index contributed by atoms with van der Waals surface area (Å²) in [5.41, 5.74) is 6.23. The molecule has 0 heterocycles. The van der Waals surface area contributed by atoms with Gasteiger partial charge < -0.3 is 0 Å². The van der Waals surface area contributed by atoms with Crippen LogP contribution in [0.25, 0.3) is 6.08 Å². The molecule has 26 heavy (non-hydrogen) atoms. The molecule has 2 amide bonds. The largest absolute Gasteiger partial charge is 0.273 e. The molecule has 4 nitrogen and oxygen atoms in total. The Morgan fingerprint density at radius 3 is 2.27 bits per heavy atom. The molecule has 2 N–H and O–H groups in total. The second-order valence-corrected chi connectivity index (χ2v) is 9.34. The van der Waals surface area contributed by atoms with Gasteiger partial charge in [-0.15, -0.1) is 0 Å². The van der Waals surface area contributed by atoms with Crippen LogP contribution in [0, 0.1) is 23.2 Å². The highest BCUT2D eigenvalue weighted by Crippen LogP contribution is 2.61. The van der Waals surface area contributed by atoms with Crippen molar-refractivity contribution in [3.63, 3.8) is 0 Å². The van der Waals surface area contributed by atoms with E-state index in [1.807, 2.05) is 24.3 Å². The third kappa shape index (κ3) is 3.88. The Bertz CT molecular complexity index is 708. The molecule has 0 unspecified atom stereocenters. The van der Waals surface area contributed by atoms with E-state index in [4.69, 9.17) is 0 Å². The van der Waals surface area contributed by atoms with Crippen LogP contribution in [0.5, 0.6) is 0 Å². The minimum Gasteiger partial charge on any atom is -0.273 e. The quantitative estimate of drug-likeness (QED) is 0.570. The maximum atomic E-state index is 12.4. The van der Waals surface area contributed by atoms with Crippen molar-refractivity contribution in [3.8, 4) is 0 Å². The van der Waals surface area contributed by atoms with Gasteiger partial charge in [0.05, 0.1) is 0 Å². The third-order valence-corrected chi connectivity index (χ3v) is 7.07. The average molecular weight is 417 g/mol. The van der Waals surface area contributed by atoms with Crippen molar-refractivity contribution in [1.29, 1.82) is 0 Å². The van der Waals surface area contributed by atoms with Gasteiger partial charge in [0.15, 0.2) is 0 Å². The Hall–Kier alpha value is -1.62. The molecule has 5 heteroatoms. The second-order valence-electron chi connectivity index (χ2n) is 8.49. The van der Waals surface area contributed by atoms with Crippen molar-refractivity contribution in [2.45, 2.75) is 44.9 Å². The van der Waals surface area contributed by atoms with Crippen LogP contribution in [-0.4, -0.2) is 11.8 Å². The van der Waals surface area contributed by atoms with Gasteiger partial charge >= 0.3 is 0 Å². The van der Waals surface area contributed by atoms with E-state index in [1.54, 1.807) is 6.08 Å². The summed E-state index contributed by atoms with van der Waals surface area (Å²) in [6.07, 6.45) is 11.4. The highest BCUT2D eigenvalue weighted by atomic mass is 79.9. The molecular weight excluding hydrogens is 392 g/mol. The fraction of sp³-hybridized carbons (Fsp3) is 0.524. The number of hydrogen-bond donors (Lipinski definition) is 2. The van der Waals surface area contributed by atoms with Crippen LogP contribution in [0.15, 0.2) is 34.8 Å². The van der Waals surface area contributed by atoms with Crippen LogP contribution in [-0.2, 0) is 9.59 Å². The van der Waals surface area contributed by atoms with E-state index in [-0.39, 0.29) is 17.2 Å². The molecule has 0 aliphatic heterocycles. The van der Waals surface area contributed by atoms with Crippen LogP contribution in [0.3, 0.4) is 0 Å². The monoisotopic (exact) mass is 416 g/mol. The van der Waals surface area contributed by atoms with Gasteiger partial charge in [-0.1, -0.05) is 34.1 Å². The number of halogens is 1. The smallest absolute Gasteiger partial charge is 0.262 e. The molecule has 4 aliphatic carbocycles. The zero-order valence-corrected chi connectivity index (χ0v) is 16.4. The number of rotatable bonds is 4. The van der Waals surface area contributed by atoms with Gasteiger partial charge in [-0.2, -0.15) is 0 Å². The lowest BCUT2D eigenvalue weighted by Crippen LogP contribution is -2.49. The highest BCUT2D eigenvalue weighted by molar-refractivity contribution is 9.10. The molecule has 0 atom stereocenters. The van der Waals surface area contributed by atoms with Crippen LogP contribution < -0.4 is 10.9 Å². The second kappa shape index (κ2) is 7.18. The number of hydrazine groups is 1. The maximum Gasteiger partial charge on any atom is 0.262 e. The Balaban J connectivity index is 1.28. The fourth-order valence-electron chi connectivity index (χ4n) is 5.84. The number of hydrogen-bond acceptors (Lipinski definition) is 2. The lowest BCUT2D eigenvalue weighted by atomic mass is 9.49. The summed E-state index contributed by atoms with van der Waals surface area (Å²) in [5.74, 6) is 2.11. The average Bonchev–Trinajstić information content (AvgIpc) is 2.57. The number of carbonyl (C=O) groups is 2. The lowest BCUT2D eigenvalue weighted by molar-refractivity contribution is -0.133. The van der Waals surface area contributed by atoms with Crippen LogP contribution in [0.4, 0.5) is 0 Å². The predicted octanol–water partition coefficient (Wildman–Crippen LogP) is 4.22. The number of amides is 2. The number of carbonyl (C=O) groups excluding carboxylic acids is 2. The molecule has 0 spiro atoms. The molecule has 0 saturated heterocycles. The molecule has 4 aliphatic rings. The van der Waals surface area contributed by atoms with Crippen molar-refractivity contribution < 1.29 is 9.59 Å². The van der Waals surface area contributed by atoms with Crippen molar-refractivity contribution in [3.05, 3.63) is 40.4 Å². The molecule has 0 radical (unpaired) electrons. The van der Waals surface area contributed by atoms with E-state index >= 15 is 0 Å². The minimum absolute atomic E-state index is 0.0606. The van der Waals surface area contributed by atoms with Gasteiger partial charge in [0.25, 0.3) is 5.91 Å². The molecule has 0 aromatic heterocycles. The van der Waals surface area contributed by atoms with E-state index < -0.39 is 0 Å². The molecule has 4 saturated carbocycles. The first-order valence-corrected chi connectivity index (χ1v) is 10.3. The van der Waals surface area contributed by atoms with Gasteiger partial charge in [-0.3, -0.25) is 20.4 Å². The van der Waals surface area contributed by atoms with Gasteiger partial charge in [0, 0.05) is 17.0 Å². The van der Waals surface area contributed by atoms with Crippen LogP contribution in [0.1, 0.15) is 50.5 Å². The molecule has 4 bridgehead atoms. The molecule has 4 fully saturated rings. The summed E-state index contributed by atoms with van der Waals surface area (Å²) in [6.45, 7) is 0. The zero-order valence-electron chi connectivity index (χ0n) is 14.8. The molecular formula is C21H25BrN2O2. The third-order valence-electron chi connectivity index (χ3n) is 6.35. The Labute approximate surface area is 162 Å². The van der Waals surface area contributed by atoms with E-state index in [9.17, 15) is 9.59 Å². The number of nitrogens with one attached hydrogen (secondary N) is 2. The van der Waals surface area contributed by atoms with E-state index in [1.165, 1.54) is 44.6 Å². The van der Waals surface area contributed by atoms with Crippen LogP contribution in [0.2, 0.25) is 0 Å². The summed E-state index contributed by atoms with van der Waals surface area (Å²) in [5, 5.41) is 0. The van der Waals surface area contributed by atoms with Gasteiger partial charge in [0.2, 0.25) is 5.91 Å². The Kier molecular flexibility index (Phi) is 4.91. The van der Waals surface area contributed by atoms with Gasteiger partial charge in [-0.05, 0) is 79.4 Å². The Morgan fingerprint density at radius 2 is 1.65 bits per heavy atom. The van der Waals surface area contributed by atoms with Crippen molar-refractivity contribution >= 4 is 33.8 Å². The first-order chi connectivity index (χ1) is 12.5. The highest BCUT2D eigenvalue weighted by Gasteiger charge is 2.51. The molecule has 5 rings (SSSR count). The van der Waals surface area contributed by atoms with Gasteiger partial charge in [0.1, 0.15) is 0 Å². The predicted molar refractivity (Wildman–Crippen MR) is 105 cm³/mol. The van der Waals surface area contributed by atoms with E-state index in [2.05, 4.69) is 26.8 Å². The lowest BCUT2D eigenvalue weighted by Gasteiger charge is -2.56. The first-order valence-electron chi connectivity index (χ1n) is 9.53. The summed E-state index contributed by atoms with van der Waals surface area (Å²) in [4.78, 5) is 24.4. The topological polar surface area (TPSA) is 58.2 Å². The normalized spacial score (nSPS) is 32.0. The minimum atomic E-state index is -0.320. The summed E-state index contributed by atoms with van der Waals surface area (Å²) < 4.78 is 0.926. The summed E-state index contributed by atoms with van der Waals surface area (Å²) in [7, 11) is 0. The van der Waals surface area contributed by atoms with E-state index in [0.717, 1.165) is 27.8 Å². The molecule has 138 valence electrons. The summed E-state index contributed by atoms with van der Waals surface area (Å²) >= 11 is 3.44. The van der Waals surface area contributed by atoms with Crippen molar-refractivity contribution in [2.75, 3.05) is 0 Å². The van der Waals surface area contributed by atoms with E-state index in [0.29, 0.717) is 6.42 Å². The fourth-order valence-corrected chi connectivity index (χ4v) is 6.26. The van der Waals surface area contributed by atoms with Crippen molar-refractivity contribution in [2.24, 2.45) is 23.2 Å². The van der Waals surface area contributed by atoms with Gasteiger partial charge in [-0.25, -0.2) is 0 Å². The maximum absolute atomic E-state index is 12.4. The number of benzene rings is 1. The SMILES string of the molecule is O=C(/C=C/c1ccccc1Br)NNC(=O)CC12CC3CC(CC(C3)C1)C2. The molecule has 1 aromatic rings.